The number of carbonyl (C=O) groups excluding carboxylic acids is 1. The van der Waals surface area contributed by atoms with Crippen LogP contribution in [0.1, 0.15) is 50.2 Å². The highest BCUT2D eigenvalue weighted by molar-refractivity contribution is 9.10. The Morgan fingerprint density at radius 1 is 1.21 bits per heavy atom. The molecule has 1 aromatic rings. The van der Waals surface area contributed by atoms with Crippen LogP contribution in [0.15, 0.2) is 16.6 Å². The van der Waals surface area contributed by atoms with Gasteiger partial charge in [-0.2, -0.15) is 0 Å². The van der Waals surface area contributed by atoms with E-state index in [2.05, 4.69) is 41.2 Å². The zero-order chi connectivity index (χ0) is 14.0. The fourth-order valence-corrected chi connectivity index (χ4v) is 3.67. The maximum absolute atomic E-state index is 12.5. The number of halogens is 1. The number of amides is 1. The molecule has 1 aliphatic rings. The lowest BCUT2D eigenvalue weighted by Crippen LogP contribution is -2.35. The molecule has 0 spiro atoms. The van der Waals surface area contributed by atoms with Crippen molar-refractivity contribution < 1.29 is 4.79 Å². The lowest BCUT2D eigenvalue weighted by atomic mass is 9.75. The van der Waals surface area contributed by atoms with Crippen LogP contribution in [0.3, 0.4) is 0 Å². The van der Waals surface area contributed by atoms with Crippen LogP contribution in [0.2, 0.25) is 0 Å². The second-order valence-electron chi connectivity index (χ2n) is 6.01. The van der Waals surface area contributed by atoms with Crippen molar-refractivity contribution in [2.75, 3.05) is 5.32 Å². The number of hydrogen-bond donors (Lipinski definition) is 1. The summed E-state index contributed by atoms with van der Waals surface area (Å²) >= 11 is 3.55. The molecular weight excluding hydrogens is 302 g/mol. The van der Waals surface area contributed by atoms with E-state index in [9.17, 15) is 4.79 Å². The van der Waals surface area contributed by atoms with Crippen molar-refractivity contribution in [3.63, 3.8) is 0 Å². The Balaban J connectivity index is 2.19. The van der Waals surface area contributed by atoms with Gasteiger partial charge in [-0.25, -0.2) is 0 Å². The highest BCUT2D eigenvalue weighted by Crippen LogP contribution is 2.38. The third-order valence-electron chi connectivity index (χ3n) is 4.18. The Bertz CT molecular complexity index is 467. The van der Waals surface area contributed by atoms with Crippen molar-refractivity contribution in [1.82, 2.24) is 0 Å². The molecule has 1 N–H and O–H groups in total. The van der Waals surface area contributed by atoms with Crippen molar-refractivity contribution in [2.24, 2.45) is 5.41 Å². The van der Waals surface area contributed by atoms with E-state index in [0.717, 1.165) is 41.4 Å². The first-order chi connectivity index (χ1) is 8.92. The molecule has 1 aromatic carbocycles. The van der Waals surface area contributed by atoms with Gasteiger partial charge in [0.1, 0.15) is 0 Å². The molecule has 0 saturated heterocycles. The number of carbonyl (C=O) groups is 1. The van der Waals surface area contributed by atoms with Crippen molar-refractivity contribution in [2.45, 2.75) is 52.9 Å². The third kappa shape index (κ3) is 3.19. The molecule has 1 saturated carbocycles. The number of benzene rings is 1. The first-order valence-electron chi connectivity index (χ1n) is 7.00. The summed E-state index contributed by atoms with van der Waals surface area (Å²) in [7, 11) is 0. The fourth-order valence-electron chi connectivity index (χ4n) is 2.90. The number of nitrogens with one attached hydrogen (secondary N) is 1. The van der Waals surface area contributed by atoms with Crippen LogP contribution in [0.4, 0.5) is 5.69 Å². The summed E-state index contributed by atoms with van der Waals surface area (Å²) in [4.78, 5) is 12.5. The van der Waals surface area contributed by atoms with Gasteiger partial charge in [0.15, 0.2) is 0 Å². The molecule has 104 valence electrons. The van der Waals surface area contributed by atoms with E-state index in [1.54, 1.807) is 0 Å². The molecule has 0 aliphatic heterocycles. The quantitative estimate of drug-likeness (QED) is 0.817. The lowest BCUT2D eigenvalue weighted by Gasteiger charge is -2.32. The lowest BCUT2D eigenvalue weighted by molar-refractivity contribution is -0.126. The van der Waals surface area contributed by atoms with Gasteiger partial charge >= 0.3 is 0 Å². The van der Waals surface area contributed by atoms with Crippen LogP contribution in [0, 0.1) is 19.3 Å². The van der Waals surface area contributed by atoms with Gasteiger partial charge in [0.05, 0.1) is 5.69 Å². The van der Waals surface area contributed by atoms with Crippen LogP contribution in [0.5, 0.6) is 0 Å². The molecule has 1 amide bonds. The van der Waals surface area contributed by atoms with E-state index in [1.165, 1.54) is 12.0 Å². The third-order valence-corrected chi connectivity index (χ3v) is 4.80. The summed E-state index contributed by atoms with van der Waals surface area (Å²) in [5, 5.41) is 3.13. The maximum Gasteiger partial charge on any atom is 0.230 e. The van der Waals surface area contributed by atoms with E-state index < -0.39 is 0 Å². The molecule has 0 heterocycles. The van der Waals surface area contributed by atoms with Crippen LogP contribution in [0.25, 0.3) is 0 Å². The van der Waals surface area contributed by atoms with Gasteiger partial charge in [0.2, 0.25) is 5.91 Å². The SMILES string of the molecule is Cc1cc(C)c(NC(=O)C2(C)CCCCC2)c(Br)c1. The second kappa shape index (κ2) is 5.66. The van der Waals surface area contributed by atoms with Gasteiger partial charge in [-0.1, -0.05) is 32.3 Å². The number of rotatable bonds is 2. The van der Waals surface area contributed by atoms with E-state index in [1.807, 2.05) is 13.0 Å². The molecule has 19 heavy (non-hydrogen) atoms. The van der Waals surface area contributed by atoms with E-state index >= 15 is 0 Å². The largest absolute Gasteiger partial charge is 0.324 e. The molecule has 1 fully saturated rings. The minimum Gasteiger partial charge on any atom is -0.324 e. The Hall–Kier alpha value is -0.830. The smallest absolute Gasteiger partial charge is 0.230 e. The average molecular weight is 324 g/mol. The van der Waals surface area contributed by atoms with Crippen LogP contribution < -0.4 is 5.32 Å². The van der Waals surface area contributed by atoms with Gasteiger partial charge in [0.25, 0.3) is 0 Å². The predicted molar refractivity (Wildman–Crippen MR) is 83.4 cm³/mol. The number of anilines is 1. The van der Waals surface area contributed by atoms with Crippen LogP contribution in [-0.2, 0) is 4.79 Å². The summed E-state index contributed by atoms with van der Waals surface area (Å²) < 4.78 is 0.970. The summed E-state index contributed by atoms with van der Waals surface area (Å²) in [6.07, 6.45) is 5.59. The number of hydrogen-bond acceptors (Lipinski definition) is 1. The van der Waals surface area contributed by atoms with Crippen molar-refractivity contribution >= 4 is 27.5 Å². The van der Waals surface area contributed by atoms with Crippen LogP contribution >= 0.6 is 15.9 Å². The second-order valence-corrected chi connectivity index (χ2v) is 6.87. The summed E-state index contributed by atoms with van der Waals surface area (Å²) in [5.74, 6) is 0.167. The Kier molecular flexibility index (Phi) is 4.34. The van der Waals surface area contributed by atoms with E-state index in [0.29, 0.717) is 0 Å². The molecule has 3 heteroatoms. The topological polar surface area (TPSA) is 29.1 Å². The normalized spacial score (nSPS) is 18.1. The minimum absolute atomic E-state index is 0.167. The molecule has 0 atom stereocenters. The fraction of sp³-hybridized carbons (Fsp3) is 0.562. The molecular formula is C16H22BrNO. The van der Waals surface area contributed by atoms with E-state index in [4.69, 9.17) is 0 Å². The molecule has 0 bridgehead atoms. The highest BCUT2D eigenvalue weighted by atomic mass is 79.9. The average Bonchev–Trinajstić information content (AvgIpc) is 2.34. The monoisotopic (exact) mass is 323 g/mol. The van der Waals surface area contributed by atoms with E-state index in [-0.39, 0.29) is 11.3 Å². The molecule has 0 unspecified atom stereocenters. The zero-order valence-electron chi connectivity index (χ0n) is 12.0. The molecule has 0 aromatic heterocycles. The van der Waals surface area contributed by atoms with Gasteiger partial charge in [-0.05, 0) is 59.8 Å². The predicted octanol–water partition coefficient (Wildman–Crippen LogP) is 4.97. The maximum atomic E-state index is 12.5. The molecule has 0 radical (unpaired) electrons. The van der Waals surface area contributed by atoms with Crippen molar-refractivity contribution in [3.8, 4) is 0 Å². The van der Waals surface area contributed by atoms with Crippen molar-refractivity contribution in [1.29, 1.82) is 0 Å². The van der Waals surface area contributed by atoms with Gasteiger partial charge in [-0.15, -0.1) is 0 Å². The summed E-state index contributed by atoms with van der Waals surface area (Å²) in [5.41, 5.74) is 3.03. The summed E-state index contributed by atoms with van der Waals surface area (Å²) in [6, 6.07) is 4.15. The number of aryl methyl sites for hydroxylation is 2. The first-order valence-corrected chi connectivity index (χ1v) is 7.80. The summed E-state index contributed by atoms with van der Waals surface area (Å²) in [6.45, 7) is 6.20. The first kappa shape index (κ1) is 14.6. The van der Waals surface area contributed by atoms with Gasteiger partial charge < -0.3 is 5.32 Å². The molecule has 2 nitrogen and oxygen atoms in total. The minimum atomic E-state index is -0.199. The standard InChI is InChI=1S/C16H22BrNO/c1-11-9-12(2)14(13(17)10-11)18-15(19)16(3)7-5-4-6-8-16/h9-10H,4-8H2,1-3H3,(H,18,19). The highest BCUT2D eigenvalue weighted by Gasteiger charge is 2.34. The molecule has 1 aliphatic carbocycles. The zero-order valence-corrected chi connectivity index (χ0v) is 13.6. The van der Waals surface area contributed by atoms with Crippen LogP contribution in [-0.4, -0.2) is 5.91 Å². The Morgan fingerprint density at radius 3 is 2.42 bits per heavy atom. The van der Waals surface area contributed by atoms with Gasteiger partial charge in [0, 0.05) is 9.89 Å². The van der Waals surface area contributed by atoms with Crippen molar-refractivity contribution in [3.05, 3.63) is 27.7 Å². The Labute approximate surface area is 124 Å². The molecule has 2 rings (SSSR count). The Morgan fingerprint density at radius 2 is 1.84 bits per heavy atom. The van der Waals surface area contributed by atoms with Gasteiger partial charge in [-0.3, -0.25) is 4.79 Å².